The standard InChI is InChI=1S/C35H37F2N3O6S/c1-25(2)45-22-6-21-38-35(42)34(27-7-4-3-5-8-27)40(23-26-9-11-28(36)12-10-26)33(41)24-46-31-17-19-32(20-18-31)47(43,44)39-30-15-13-29(37)14-16-30/h3-5,7-20,25,34,39H,6,21-24H2,1-2H3,(H,38,42). The number of sulfonamides is 1. The first-order valence-electron chi connectivity index (χ1n) is 15.0. The van der Waals surface area contributed by atoms with Gasteiger partial charge in [-0.25, -0.2) is 17.2 Å². The van der Waals surface area contributed by atoms with E-state index in [-0.39, 0.29) is 29.0 Å². The summed E-state index contributed by atoms with van der Waals surface area (Å²) in [7, 11) is -3.97. The van der Waals surface area contributed by atoms with Crippen LogP contribution in [0.3, 0.4) is 0 Å². The van der Waals surface area contributed by atoms with Gasteiger partial charge in [-0.05, 0) is 92.1 Å². The third-order valence-corrected chi connectivity index (χ3v) is 8.32. The Balaban J connectivity index is 1.51. The third-order valence-electron chi connectivity index (χ3n) is 6.93. The van der Waals surface area contributed by atoms with E-state index in [0.717, 1.165) is 12.1 Å². The number of hydrogen-bond acceptors (Lipinski definition) is 6. The zero-order chi connectivity index (χ0) is 33.8. The van der Waals surface area contributed by atoms with Gasteiger partial charge in [0.1, 0.15) is 23.4 Å². The van der Waals surface area contributed by atoms with Crippen molar-refractivity contribution in [3.8, 4) is 5.75 Å². The molecule has 2 amide bonds. The highest BCUT2D eigenvalue weighted by Gasteiger charge is 2.32. The van der Waals surface area contributed by atoms with Gasteiger partial charge in [-0.2, -0.15) is 0 Å². The normalized spacial score (nSPS) is 11.9. The Morgan fingerprint density at radius 2 is 1.45 bits per heavy atom. The second-order valence-electron chi connectivity index (χ2n) is 10.9. The summed E-state index contributed by atoms with van der Waals surface area (Å²) in [6.07, 6.45) is 0.635. The molecule has 0 aromatic heterocycles. The van der Waals surface area contributed by atoms with E-state index in [9.17, 15) is 26.8 Å². The molecule has 0 aliphatic heterocycles. The van der Waals surface area contributed by atoms with Crippen LogP contribution in [0.1, 0.15) is 37.4 Å². The summed E-state index contributed by atoms with van der Waals surface area (Å²) in [6, 6.07) is 23.7. The number of carbonyl (C=O) groups is 2. The topological polar surface area (TPSA) is 114 Å². The lowest BCUT2D eigenvalue weighted by Crippen LogP contribution is -2.45. The minimum absolute atomic E-state index is 0.0157. The molecule has 2 N–H and O–H groups in total. The van der Waals surface area contributed by atoms with Crippen molar-refractivity contribution in [1.29, 1.82) is 0 Å². The van der Waals surface area contributed by atoms with Gasteiger partial charge in [-0.15, -0.1) is 0 Å². The number of carbonyl (C=O) groups excluding carboxylic acids is 2. The predicted octanol–water partition coefficient (Wildman–Crippen LogP) is 5.85. The molecule has 12 heteroatoms. The minimum Gasteiger partial charge on any atom is -0.484 e. The molecule has 0 fully saturated rings. The number of nitrogens with one attached hydrogen (secondary N) is 2. The average Bonchev–Trinajstić information content (AvgIpc) is 3.05. The van der Waals surface area contributed by atoms with E-state index < -0.39 is 46.1 Å². The number of anilines is 1. The van der Waals surface area contributed by atoms with Crippen molar-refractivity contribution < 1.29 is 36.3 Å². The van der Waals surface area contributed by atoms with Crippen molar-refractivity contribution in [3.63, 3.8) is 0 Å². The SMILES string of the molecule is CC(C)OCCCNC(=O)C(c1ccccc1)N(Cc1ccc(F)cc1)C(=O)COc1ccc(S(=O)(=O)Nc2ccc(F)cc2)cc1. The van der Waals surface area contributed by atoms with Gasteiger partial charge in [0.2, 0.25) is 5.91 Å². The van der Waals surface area contributed by atoms with Gasteiger partial charge in [0.25, 0.3) is 15.9 Å². The molecule has 0 aliphatic rings. The molecule has 0 bridgehead atoms. The summed E-state index contributed by atoms with van der Waals surface area (Å²) in [5, 5.41) is 2.90. The van der Waals surface area contributed by atoms with Crippen LogP contribution in [-0.4, -0.2) is 51.0 Å². The van der Waals surface area contributed by atoms with Crippen LogP contribution in [0.25, 0.3) is 0 Å². The van der Waals surface area contributed by atoms with Gasteiger partial charge in [0, 0.05) is 25.4 Å². The molecule has 9 nitrogen and oxygen atoms in total. The van der Waals surface area contributed by atoms with Gasteiger partial charge < -0.3 is 19.7 Å². The smallest absolute Gasteiger partial charge is 0.261 e. The maximum atomic E-state index is 13.8. The van der Waals surface area contributed by atoms with Gasteiger partial charge in [0.15, 0.2) is 6.61 Å². The van der Waals surface area contributed by atoms with Gasteiger partial charge in [-0.3, -0.25) is 14.3 Å². The summed E-state index contributed by atoms with van der Waals surface area (Å²) in [4.78, 5) is 28.8. The number of halogens is 2. The molecule has 47 heavy (non-hydrogen) atoms. The minimum atomic E-state index is -3.97. The Morgan fingerprint density at radius 1 is 0.830 bits per heavy atom. The van der Waals surface area contributed by atoms with Gasteiger partial charge in [0.05, 0.1) is 11.0 Å². The first kappa shape index (κ1) is 35.1. The maximum absolute atomic E-state index is 13.8. The summed E-state index contributed by atoms with van der Waals surface area (Å²) < 4.78 is 66.2. The highest BCUT2D eigenvalue weighted by atomic mass is 32.2. The second kappa shape index (κ2) is 16.7. The molecule has 1 unspecified atom stereocenters. The summed E-state index contributed by atoms with van der Waals surface area (Å²) >= 11 is 0. The van der Waals surface area contributed by atoms with Crippen LogP contribution in [0.5, 0.6) is 5.75 Å². The number of rotatable bonds is 16. The lowest BCUT2D eigenvalue weighted by atomic mass is 10.0. The summed E-state index contributed by atoms with van der Waals surface area (Å²) in [5.41, 5.74) is 1.36. The fourth-order valence-electron chi connectivity index (χ4n) is 4.59. The van der Waals surface area contributed by atoms with Crippen LogP contribution in [0, 0.1) is 11.6 Å². The summed E-state index contributed by atoms with van der Waals surface area (Å²) in [5.74, 6) is -1.65. The highest BCUT2D eigenvalue weighted by molar-refractivity contribution is 7.92. The Morgan fingerprint density at radius 3 is 2.06 bits per heavy atom. The fraction of sp³-hybridized carbons (Fsp3) is 0.257. The molecule has 0 spiro atoms. The number of amides is 2. The predicted molar refractivity (Wildman–Crippen MR) is 174 cm³/mol. The van der Waals surface area contributed by atoms with E-state index in [0.29, 0.717) is 30.7 Å². The zero-order valence-corrected chi connectivity index (χ0v) is 26.9. The van der Waals surface area contributed by atoms with Crippen molar-refractivity contribution in [1.82, 2.24) is 10.2 Å². The second-order valence-corrected chi connectivity index (χ2v) is 12.6. The third kappa shape index (κ3) is 10.6. The lowest BCUT2D eigenvalue weighted by Gasteiger charge is -2.31. The molecule has 0 saturated heterocycles. The molecule has 0 aliphatic carbocycles. The van der Waals surface area contributed by atoms with E-state index in [1.54, 1.807) is 42.5 Å². The summed E-state index contributed by atoms with van der Waals surface area (Å²) in [6.45, 7) is 4.15. The fourth-order valence-corrected chi connectivity index (χ4v) is 5.65. The van der Waals surface area contributed by atoms with E-state index in [1.807, 2.05) is 13.8 Å². The number of nitrogens with zero attached hydrogens (tertiary/aromatic N) is 1. The molecule has 1 atom stereocenters. The number of hydrogen-bond donors (Lipinski definition) is 2. The molecule has 4 aromatic carbocycles. The van der Waals surface area contributed by atoms with Gasteiger partial charge >= 0.3 is 0 Å². The Hall–Kier alpha value is -4.81. The number of ether oxygens (including phenoxy) is 2. The Bertz CT molecular complexity index is 1700. The van der Waals surface area contributed by atoms with Crippen LogP contribution in [-0.2, 0) is 30.9 Å². The quantitative estimate of drug-likeness (QED) is 0.145. The molecular formula is C35H37F2N3O6S. The van der Waals surface area contributed by atoms with Crippen molar-refractivity contribution in [2.75, 3.05) is 24.5 Å². The molecule has 0 radical (unpaired) electrons. The average molecular weight is 666 g/mol. The van der Waals surface area contributed by atoms with Crippen LogP contribution < -0.4 is 14.8 Å². The molecule has 4 aromatic rings. The molecular weight excluding hydrogens is 628 g/mol. The largest absolute Gasteiger partial charge is 0.484 e. The number of benzene rings is 4. The van der Waals surface area contributed by atoms with Crippen molar-refractivity contribution in [2.45, 2.75) is 43.9 Å². The molecule has 4 rings (SSSR count). The van der Waals surface area contributed by atoms with E-state index in [2.05, 4.69) is 10.0 Å². The van der Waals surface area contributed by atoms with Crippen LogP contribution in [0.15, 0.2) is 108 Å². The molecule has 0 saturated carbocycles. The van der Waals surface area contributed by atoms with E-state index in [1.165, 1.54) is 53.4 Å². The van der Waals surface area contributed by atoms with Gasteiger partial charge in [-0.1, -0.05) is 42.5 Å². The van der Waals surface area contributed by atoms with Crippen molar-refractivity contribution in [3.05, 3.63) is 126 Å². The van der Waals surface area contributed by atoms with Crippen molar-refractivity contribution in [2.24, 2.45) is 0 Å². The first-order valence-corrected chi connectivity index (χ1v) is 16.5. The van der Waals surface area contributed by atoms with Crippen LogP contribution >= 0.6 is 0 Å². The maximum Gasteiger partial charge on any atom is 0.261 e. The lowest BCUT2D eigenvalue weighted by molar-refractivity contribution is -0.143. The molecule has 248 valence electrons. The Labute approximate surface area is 273 Å². The van der Waals surface area contributed by atoms with E-state index >= 15 is 0 Å². The van der Waals surface area contributed by atoms with Crippen LogP contribution in [0.4, 0.5) is 14.5 Å². The zero-order valence-electron chi connectivity index (χ0n) is 26.1. The van der Waals surface area contributed by atoms with Crippen molar-refractivity contribution >= 4 is 27.5 Å². The van der Waals surface area contributed by atoms with Crippen LogP contribution in [0.2, 0.25) is 0 Å². The molecule has 0 heterocycles. The highest BCUT2D eigenvalue weighted by Crippen LogP contribution is 2.25. The monoisotopic (exact) mass is 665 g/mol. The Kier molecular flexibility index (Phi) is 12.4. The van der Waals surface area contributed by atoms with E-state index in [4.69, 9.17) is 9.47 Å². The first-order chi connectivity index (χ1) is 22.5.